The molecule has 0 saturated heterocycles. The van der Waals surface area contributed by atoms with E-state index in [0.717, 1.165) is 12.1 Å². The van der Waals surface area contributed by atoms with Gasteiger partial charge in [0.25, 0.3) is 17.5 Å². The van der Waals surface area contributed by atoms with E-state index in [4.69, 9.17) is 0 Å². The maximum atomic E-state index is 13.8. The van der Waals surface area contributed by atoms with E-state index in [1.807, 2.05) is 0 Å². The second kappa shape index (κ2) is 10.1. The number of carbonyl (C=O) groups is 4. The monoisotopic (exact) mass is 578 g/mol. The van der Waals surface area contributed by atoms with Crippen molar-refractivity contribution in [3.05, 3.63) is 80.1 Å². The molecule has 3 aliphatic carbocycles. The highest BCUT2D eigenvalue weighted by atomic mass is 16.6. The van der Waals surface area contributed by atoms with Gasteiger partial charge in [0, 0.05) is 49.7 Å². The predicted molar refractivity (Wildman–Crippen MR) is 145 cm³/mol. The number of anilines is 1. The van der Waals surface area contributed by atoms with Crippen LogP contribution in [0, 0.1) is 22.0 Å². The zero-order chi connectivity index (χ0) is 30.7. The smallest absolute Gasteiger partial charge is 0.272 e. The Labute approximate surface area is 237 Å². The molecule has 14 nitrogen and oxygen atoms in total. The van der Waals surface area contributed by atoms with Crippen LogP contribution in [-0.2, 0) is 20.8 Å². The van der Waals surface area contributed by atoms with E-state index < -0.39 is 75.0 Å². The van der Waals surface area contributed by atoms with Gasteiger partial charge in [0.1, 0.15) is 22.8 Å². The minimum absolute atomic E-state index is 0.0127. The molecule has 6 N–H and O–H groups in total. The van der Waals surface area contributed by atoms with Crippen LogP contribution < -0.4 is 10.7 Å². The molecule has 0 aliphatic heterocycles. The summed E-state index contributed by atoms with van der Waals surface area (Å²) in [5, 5.41) is 59.3. The normalized spacial score (nSPS) is 23.2. The van der Waals surface area contributed by atoms with Crippen molar-refractivity contribution in [2.45, 2.75) is 24.9 Å². The number of fused-ring (bicyclic) bond motifs is 3. The van der Waals surface area contributed by atoms with Gasteiger partial charge in [-0.15, -0.1) is 0 Å². The van der Waals surface area contributed by atoms with Crippen LogP contribution in [0.5, 0.6) is 5.75 Å². The second-order valence-electron chi connectivity index (χ2n) is 10.6. The van der Waals surface area contributed by atoms with Crippen LogP contribution in [0.3, 0.4) is 0 Å². The number of nitrogens with zero attached hydrogens (tertiary/aromatic N) is 2. The first kappa shape index (κ1) is 28.4. The number of rotatable bonds is 5. The number of Topliss-reactive ketones (excluding diaryl/α,β-unsaturated/α-hetero) is 2. The Balaban J connectivity index is 1.52. The van der Waals surface area contributed by atoms with Crippen LogP contribution in [0.2, 0.25) is 0 Å². The number of nitro groups is 1. The lowest BCUT2D eigenvalue weighted by molar-refractivity contribution is -0.384. The zero-order valence-electron chi connectivity index (χ0n) is 22.4. The average molecular weight is 579 g/mol. The molecule has 5 rings (SSSR count). The van der Waals surface area contributed by atoms with Gasteiger partial charge in [-0.2, -0.15) is 0 Å². The lowest BCUT2D eigenvalue weighted by atomic mass is 9.59. The highest BCUT2D eigenvalue weighted by molar-refractivity contribution is 6.23. The summed E-state index contributed by atoms with van der Waals surface area (Å²) in [7, 11) is 2.93. The maximum Gasteiger partial charge on any atom is 0.272 e. The van der Waals surface area contributed by atoms with Gasteiger partial charge in [-0.1, -0.05) is 6.07 Å². The zero-order valence-corrected chi connectivity index (χ0v) is 22.4. The largest absolute Gasteiger partial charge is 0.508 e. The molecule has 1 fully saturated rings. The van der Waals surface area contributed by atoms with E-state index >= 15 is 0 Å². The third-order valence-electron chi connectivity index (χ3n) is 7.83. The summed E-state index contributed by atoms with van der Waals surface area (Å²) in [6.45, 7) is 0. The Morgan fingerprint density at radius 1 is 1.02 bits per heavy atom. The molecule has 0 aromatic heterocycles. The molecule has 3 aliphatic rings. The lowest BCUT2D eigenvalue weighted by Crippen LogP contribution is -2.58. The van der Waals surface area contributed by atoms with Crippen LogP contribution in [0.4, 0.5) is 11.4 Å². The van der Waals surface area contributed by atoms with Gasteiger partial charge in [0.2, 0.25) is 5.78 Å². The first-order valence-electron chi connectivity index (χ1n) is 12.8. The number of hydrogen-bond donors (Lipinski definition) is 6. The summed E-state index contributed by atoms with van der Waals surface area (Å²) in [5.41, 5.74) is -1.44. The molecule has 3 unspecified atom stereocenters. The number of amides is 2. The topological polar surface area (TPSA) is 220 Å². The number of aliphatic hydroxyl groups is 3. The number of hydrazine groups is 1. The van der Waals surface area contributed by atoms with E-state index in [-0.39, 0.29) is 40.9 Å². The quantitative estimate of drug-likeness (QED) is 0.130. The highest BCUT2D eigenvalue weighted by Crippen LogP contribution is 2.52. The Kier molecular flexibility index (Phi) is 6.83. The predicted octanol–water partition coefficient (Wildman–Crippen LogP) is 1.69. The van der Waals surface area contributed by atoms with E-state index in [2.05, 4.69) is 10.7 Å². The van der Waals surface area contributed by atoms with Crippen LogP contribution in [0.25, 0.3) is 5.76 Å². The Bertz CT molecular complexity index is 1640. The van der Waals surface area contributed by atoms with Gasteiger partial charge >= 0.3 is 0 Å². The van der Waals surface area contributed by atoms with Crippen molar-refractivity contribution in [3.8, 4) is 5.75 Å². The van der Waals surface area contributed by atoms with Crippen molar-refractivity contribution in [2.24, 2.45) is 11.8 Å². The first-order valence-corrected chi connectivity index (χ1v) is 12.8. The van der Waals surface area contributed by atoms with Gasteiger partial charge < -0.3 is 25.7 Å². The van der Waals surface area contributed by atoms with Crippen LogP contribution in [-0.4, -0.2) is 73.4 Å². The molecular weight excluding hydrogens is 552 g/mol. The van der Waals surface area contributed by atoms with E-state index in [0.29, 0.717) is 5.56 Å². The number of aromatic hydroxyl groups is 1. The number of nitrogens with one attached hydrogen (secondary N) is 2. The van der Waals surface area contributed by atoms with Gasteiger partial charge in [0.15, 0.2) is 11.4 Å². The van der Waals surface area contributed by atoms with Crippen LogP contribution in [0.15, 0.2) is 53.3 Å². The number of phenolic OH excluding ortho intramolecular Hbond substituents is 1. The molecule has 1 saturated carbocycles. The molecule has 42 heavy (non-hydrogen) atoms. The summed E-state index contributed by atoms with van der Waals surface area (Å²) >= 11 is 0. The van der Waals surface area contributed by atoms with Gasteiger partial charge in [0.05, 0.1) is 16.2 Å². The fraction of sp³-hybridized carbons (Fsp3) is 0.286. The van der Waals surface area contributed by atoms with Gasteiger partial charge in [-0.3, -0.25) is 34.7 Å². The summed E-state index contributed by atoms with van der Waals surface area (Å²) in [6.07, 6.45) is -0.249. The number of benzene rings is 2. The van der Waals surface area contributed by atoms with Crippen molar-refractivity contribution in [1.29, 1.82) is 0 Å². The third-order valence-corrected chi connectivity index (χ3v) is 7.83. The Morgan fingerprint density at radius 3 is 2.31 bits per heavy atom. The van der Waals surface area contributed by atoms with Gasteiger partial charge in [-0.25, -0.2) is 5.01 Å². The fourth-order valence-corrected chi connectivity index (χ4v) is 5.87. The lowest BCUT2D eigenvalue weighted by Gasteiger charge is -2.46. The molecule has 2 aromatic carbocycles. The molecule has 0 radical (unpaired) electrons. The Hall–Kier alpha value is -5.08. The average Bonchev–Trinajstić information content (AvgIpc) is 2.91. The molecule has 2 amide bonds. The summed E-state index contributed by atoms with van der Waals surface area (Å²) in [6, 6.07) is 7.67. The standard InChI is InChI=1S/C28H26N4O10/c1-31(2)30-27(39)21-18(33)11-15-10-14-9-13-5-8-17(29-26(38)12-3-6-16(7-4-12)32(41)42)22(34)19(13)23(35)20(14)24(36)28(15,40)25(21)37/h3-8,14-15,34-35,37,40H,9-11H2,1-2H3,(H,29,38)(H,30,39). The van der Waals surface area contributed by atoms with Crippen molar-refractivity contribution in [2.75, 3.05) is 19.4 Å². The van der Waals surface area contributed by atoms with Crippen LogP contribution >= 0.6 is 0 Å². The summed E-state index contributed by atoms with van der Waals surface area (Å²) < 4.78 is 0. The highest BCUT2D eigenvalue weighted by Gasteiger charge is 2.60. The second-order valence-corrected chi connectivity index (χ2v) is 10.6. The number of phenols is 1. The molecule has 218 valence electrons. The van der Waals surface area contributed by atoms with Crippen molar-refractivity contribution in [3.63, 3.8) is 0 Å². The number of nitro benzene ring substituents is 1. The molecular formula is C28H26N4O10. The molecule has 0 spiro atoms. The van der Waals surface area contributed by atoms with Crippen molar-refractivity contribution < 1.29 is 44.5 Å². The summed E-state index contributed by atoms with van der Waals surface area (Å²) in [5.74, 6) is -7.66. The Morgan fingerprint density at radius 2 is 1.69 bits per heavy atom. The van der Waals surface area contributed by atoms with Crippen molar-refractivity contribution >= 4 is 40.5 Å². The van der Waals surface area contributed by atoms with E-state index in [9.17, 15) is 49.7 Å². The van der Waals surface area contributed by atoms with E-state index in [1.54, 1.807) is 0 Å². The van der Waals surface area contributed by atoms with E-state index in [1.165, 1.54) is 43.4 Å². The van der Waals surface area contributed by atoms with Crippen LogP contribution in [0.1, 0.15) is 34.3 Å². The summed E-state index contributed by atoms with van der Waals surface area (Å²) in [4.78, 5) is 62.2. The molecule has 0 bridgehead atoms. The minimum Gasteiger partial charge on any atom is -0.508 e. The SMILES string of the molecule is CN(C)NC(=O)C1=C(O)C2(O)C(=O)C3=C(O)c4c(ccc(NC(=O)c5ccc([N+](=O)[O-])cc5)c4O)CC3CC2CC1=O. The first-order chi connectivity index (χ1) is 19.7. The molecule has 3 atom stereocenters. The maximum absolute atomic E-state index is 13.8. The number of aliphatic hydroxyl groups excluding tert-OH is 2. The number of ketones is 2. The molecule has 2 aromatic rings. The molecule has 14 heteroatoms. The fourth-order valence-electron chi connectivity index (χ4n) is 5.87. The number of hydrogen-bond acceptors (Lipinski definition) is 11. The molecule has 0 heterocycles. The number of non-ortho nitro benzene ring substituents is 1. The number of carbonyl (C=O) groups excluding carboxylic acids is 4. The van der Waals surface area contributed by atoms with Gasteiger partial charge in [-0.05, 0) is 42.5 Å². The minimum atomic E-state index is -2.67. The van der Waals surface area contributed by atoms with Crippen molar-refractivity contribution in [1.82, 2.24) is 10.4 Å². The third kappa shape index (κ3) is 4.37.